The van der Waals surface area contributed by atoms with Crippen LogP contribution in [0.1, 0.15) is 27.7 Å². The van der Waals surface area contributed by atoms with Crippen molar-refractivity contribution >= 4 is 18.7 Å². The van der Waals surface area contributed by atoms with Gasteiger partial charge in [-0.25, -0.2) is 0 Å². The Morgan fingerprint density at radius 1 is 0.867 bits per heavy atom. The molecule has 3 saturated heterocycles. The van der Waals surface area contributed by atoms with Crippen molar-refractivity contribution in [1.29, 1.82) is 0 Å². The van der Waals surface area contributed by atoms with E-state index >= 15 is 0 Å². The maximum Gasteiger partial charge on any atom is 0.280 e. The van der Waals surface area contributed by atoms with Crippen LogP contribution in [-0.4, -0.2) is 51.9 Å². The highest BCUT2D eigenvalue weighted by Crippen LogP contribution is 2.44. The molecule has 0 N–H and O–H groups in total. The molecule has 5 rings (SSSR count). The van der Waals surface area contributed by atoms with Gasteiger partial charge in [0, 0.05) is 6.92 Å². The minimum absolute atomic E-state index is 0.0989. The van der Waals surface area contributed by atoms with Gasteiger partial charge in [-0.05, 0) is 15.4 Å². The molecule has 0 saturated carbocycles. The van der Waals surface area contributed by atoms with Gasteiger partial charge in [-0.2, -0.15) is 0 Å². The van der Waals surface area contributed by atoms with E-state index in [0.717, 1.165) is 0 Å². The van der Waals surface area contributed by atoms with E-state index in [1.54, 1.807) is 0 Å². The highest BCUT2D eigenvalue weighted by atomic mass is 28.4. The van der Waals surface area contributed by atoms with Crippen LogP contribution in [0.2, 0.25) is 5.04 Å². The summed E-state index contributed by atoms with van der Waals surface area (Å²) in [4.78, 5) is 0. The zero-order chi connectivity index (χ0) is 21.0. The van der Waals surface area contributed by atoms with Crippen molar-refractivity contribution in [3.05, 3.63) is 60.7 Å². The number of hydrogen-bond donors (Lipinski definition) is 0. The topological polar surface area (TPSA) is 46.2 Å². The summed E-state index contributed by atoms with van der Waals surface area (Å²) in [5, 5.41) is 2.41. The van der Waals surface area contributed by atoms with E-state index in [1.165, 1.54) is 10.4 Å². The molecule has 3 heterocycles. The number of ether oxygens (including phenoxy) is 4. The Hall–Kier alpha value is -1.54. The van der Waals surface area contributed by atoms with Gasteiger partial charge in [-0.3, -0.25) is 0 Å². The molecule has 1 unspecified atom stereocenters. The van der Waals surface area contributed by atoms with Crippen molar-refractivity contribution in [3.63, 3.8) is 0 Å². The molecular weight excluding hydrogens is 396 g/mol. The first kappa shape index (κ1) is 20.4. The second-order valence-electron chi connectivity index (χ2n) is 9.53. The summed E-state index contributed by atoms with van der Waals surface area (Å²) in [5.41, 5.74) is 0. The number of hydrogen-bond acceptors (Lipinski definition) is 5. The lowest BCUT2D eigenvalue weighted by atomic mass is 10.1. The quantitative estimate of drug-likeness (QED) is 0.704. The van der Waals surface area contributed by atoms with E-state index in [1.807, 2.05) is 6.92 Å². The fourth-order valence-corrected chi connectivity index (χ4v) is 9.81. The van der Waals surface area contributed by atoms with Crippen molar-refractivity contribution < 1.29 is 23.4 Å². The normalized spacial score (nSPS) is 33.5. The maximum atomic E-state index is 7.25. The zero-order valence-electron chi connectivity index (χ0n) is 18.0. The predicted octanol–water partition coefficient (Wildman–Crippen LogP) is 2.82. The summed E-state index contributed by atoms with van der Waals surface area (Å²) in [5.74, 6) is -1.01. The molecule has 160 valence electrons. The number of fused-ring (bicyclic) bond motifs is 4. The van der Waals surface area contributed by atoms with E-state index < -0.39 is 14.3 Å². The van der Waals surface area contributed by atoms with E-state index in [-0.39, 0.29) is 29.5 Å². The molecule has 2 bridgehead atoms. The van der Waals surface area contributed by atoms with Crippen LogP contribution in [0.15, 0.2) is 60.7 Å². The Morgan fingerprint density at radius 3 is 2.03 bits per heavy atom. The van der Waals surface area contributed by atoms with Crippen molar-refractivity contribution in [2.45, 2.75) is 63.1 Å². The minimum atomic E-state index is -2.68. The average molecular weight is 427 g/mol. The molecule has 0 radical (unpaired) electrons. The van der Waals surface area contributed by atoms with Gasteiger partial charge in [0.15, 0.2) is 0 Å². The van der Waals surface area contributed by atoms with Crippen LogP contribution in [0.3, 0.4) is 0 Å². The maximum absolute atomic E-state index is 7.25. The molecule has 3 aliphatic rings. The summed E-state index contributed by atoms with van der Waals surface area (Å²) in [6.45, 7) is 9.67. The van der Waals surface area contributed by atoms with Crippen LogP contribution in [0.25, 0.3) is 0 Å². The number of benzene rings is 2. The molecule has 5 atom stereocenters. The van der Waals surface area contributed by atoms with Crippen LogP contribution in [0.5, 0.6) is 0 Å². The zero-order valence-corrected chi connectivity index (χ0v) is 19.0. The Labute approximate surface area is 179 Å². The average Bonchev–Trinajstić information content (AvgIpc) is 3.27. The second kappa shape index (κ2) is 7.26. The lowest BCUT2D eigenvalue weighted by Gasteiger charge is -2.46. The van der Waals surface area contributed by atoms with Crippen molar-refractivity contribution in [3.8, 4) is 0 Å². The molecule has 2 aromatic rings. The summed E-state index contributed by atoms with van der Waals surface area (Å²) >= 11 is 0. The molecule has 3 aliphatic heterocycles. The molecule has 6 heteroatoms. The SMILES string of the molecule is CC12OC[C@H](O1)[C@H]1OC[C@H](O[Si](c3ccccc3)(c3ccccc3)C(C)(C)C)[C@H]1O2. The molecule has 0 aliphatic carbocycles. The highest BCUT2D eigenvalue weighted by molar-refractivity contribution is 6.99. The van der Waals surface area contributed by atoms with Crippen molar-refractivity contribution in [1.82, 2.24) is 0 Å². The lowest BCUT2D eigenvalue weighted by Crippen LogP contribution is -2.69. The van der Waals surface area contributed by atoms with E-state index in [9.17, 15) is 0 Å². The Bertz CT molecular complexity index is 844. The van der Waals surface area contributed by atoms with Crippen molar-refractivity contribution in [2.75, 3.05) is 13.2 Å². The van der Waals surface area contributed by atoms with E-state index in [2.05, 4.69) is 81.4 Å². The largest absolute Gasteiger partial charge is 0.399 e. The van der Waals surface area contributed by atoms with Crippen LogP contribution in [0, 0.1) is 0 Å². The Morgan fingerprint density at radius 2 is 1.47 bits per heavy atom. The van der Waals surface area contributed by atoms with Gasteiger partial charge in [0.1, 0.15) is 18.3 Å². The standard InChI is InChI=1S/C24H30O5Si/c1-23(2,3)30(17-11-7-5-8-12-17,18-13-9-6-10-14-18)29-20-15-25-21-19-16-26-24(4,27-19)28-22(20)21/h5-14,19-22H,15-16H2,1-4H3/t19-,20-,21+,22+,24?/m0/s1. The van der Waals surface area contributed by atoms with Gasteiger partial charge in [-0.15, -0.1) is 0 Å². The Balaban J connectivity index is 1.58. The van der Waals surface area contributed by atoms with Gasteiger partial charge in [0.25, 0.3) is 14.3 Å². The van der Waals surface area contributed by atoms with Gasteiger partial charge in [-0.1, -0.05) is 81.4 Å². The van der Waals surface area contributed by atoms with Crippen molar-refractivity contribution in [2.24, 2.45) is 0 Å². The van der Waals surface area contributed by atoms with Crippen LogP contribution in [-0.2, 0) is 23.4 Å². The van der Waals surface area contributed by atoms with Gasteiger partial charge < -0.3 is 23.4 Å². The monoisotopic (exact) mass is 426 g/mol. The van der Waals surface area contributed by atoms with E-state index in [0.29, 0.717) is 13.2 Å². The summed E-state index contributed by atoms with van der Waals surface area (Å²) in [6.07, 6.45) is -0.670. The first-order valence-electron chi connectivity index (χ1n) is 10.7. The molecule has 0 spiro atoms. The molecule has 2 aromatic carbocycles. The predicted molar refractivity (Wildman–Crippen MR) is 116 cm³/mol. The third kappa shape index (κ3) is 3.18. The summed E-state index contributed by atoms with van der Waals surface area (Å²) in [7, 11) is -2.68. The third-order valence-electron chi connectivity index (χ3n) is 6.48. The summed E-state index contributed by atoms with van der Waals surface area (Å²) < 4.78 is 31.3. The number of rotatable bonds is 4. The summed E-state index contributed by atoms with van der Waals surface area (Å²) in [6, 6.07) is 21.3. The van der Waals surface area contributed by atoms with Gasteiger partial charge in [0.2, 0.25) is 0 Å². The van der Waals surface area contributed by atoms with Crippen LogP contribution < -0.4 is 10.4 Å². The smallest absolute Gasteiger partial charge is 0.280 e. The first-order valence-corrected chi connectivity index (χ1v) is 12.6. The van der Waals surface area contributed by atoms with Gasteiger partial charge in [0.05, 0.1) is 19.3 Å². The molecular formula is C24H30O5Si. The molecule has 3 fully saturated rings. The second-order valence-corrected chi connectivity index (χ2v) is 13.8. The fourth-order valence-electron chi connectivity index (χ4n) is 5.14. The molecule has 0 aromatic heterocycles. The minimum Gasteiger partial charge on any atom is -0.399 e. The molecule has 0 amide bonds. The lowest BCUT2D eigenvalue weighted by molar-refractivity contribution is -0.377. The first-order chi connectivity index (χ1) is 14.3. The third-order valence-corrected chi connectivity index (χ3v) is 11.5. The highest BCUT2D eigenvalue weighted by Gasteiger charge is 2.60. The Kier molecular flexibility index (Phi) is 4.93. The molecule has 30 heavy (non-hydrogen) atoms. The van der Waals surface area contributed by atoms with E-state index in [4.69, 9.17) is 23.4 Å². The fraction of sp³-hybridized carbons (Fsp3) is 0.500. The van der Waals surface area contributed by atoms with Crippen LogP contribution in [0.4, 0.5) is 0 Å². The molecule has 5 nitrogen and oxygen atoms in total. The van der Waals surface area contributed by atoms with Crippen LogP contribution >= 0.6 is 0 Å². The van der Waals surface area contributed by atoms with Gasteiger partial charge >= 0.3 is 0 Å².